The lowest BCUT2D eigenvalue weighted by Gasteiger charge is -2.22. The van der Waals surface area contributed by atoms with E-state index in [-0.39, 0.29) is 17.4 Å². The lowest BCUT2D eigenvalue weighted by Crippen LogP contribution is -2.45. The van der Waals surface area contributed by atoms with Crippen LogP contribution in [0, 0.1) is 0 Å². The van der Waals surface area contributed by atoms with Crippen molar-refractivity contribution in [1.82, 2.24) is 20.4 Å². The van der Waals surface area contributed by atoms with E-state index in [1.807, 2.05) is 46.6 Å². The molecule has 0 unspecified atom stereocenters. The third-order valence-electron chi connectivity index (χ3n) is 2.32. The first-order chi connectivity index (χ1) is 8.67. The van der Waals surface area contributed by atoms with Crippen molar-refractivity contribution in [2.24, 2.45) is 0 Å². The standard InChI is InChI=1S/C13H24N4O2/c1-9(2)12-14-10(16-19-12)7-17(6)8-11(18)15-13(3,4)5/h9H,7-8H2,1-6H3,(H,15,18). The van der Waals surface area contributed by atoms with Gasteiger partial charge in [-0.1, -0.05) is 19.0 Å². The van der Waals surface area contributed by atoms with Crippen LogP contribution >= 0.6 is 0 Å². The van der Waals surface area contributed by atoms with Crippen molar-refractivity contribution in [3.05, 3.63) is 11.7 Å². The van der Waals surface area contributed by atoms with E-state index in [2.05, 4.69) is 15.5 Å². The van der Waals surface area contributed by atoms with Gasteiger partial charge in [0.05, 0.1) is 13.1 Å². The number of rotatable bonds is 5. The van der Waals surface area contributed by atoms with Crippen molar-refractivity contribution < 1.29 is 9.32 Å². The van der Waals surface area contributed by atoms with Gasteiger partial charge < -0.3 is 9.84 Å². The second kappa shape index (κ2) is 6.14. The zero-order valence-electron chi connectivity index (χ0n) is 12.6. The minimum atomic E-state index is -0.213. The van der Waals surface area contributed by atoms with Gasteiger partial charge in [-0.05, 0) is 27.8 Å². The maximum atomic E-state index is 11.8. The van der Waals surface area contributed by atoms with Crippen LogP contribution in [0.2, 0.25) is 0 Å². The van der Waals surface area contributed by atoms with Crippen LogP contribution in [-0.2, 0) is 11.3 Å². The number of aromatic nitrogens is 2. The number of amides is 1. The Hall–Kier alpha value is -1.43. The molecule has 19 heavy (non-hydrogen) atoms. The van der Waals surface area contributed by atoms with Gasteiger partial charge in [-0.2, -0.15) is 4.98 Å². The summed E-state index contributed by atoms with van der Waals surface area (Å²) in [5, 5.41) is 6.81. The molecule has 0 saturated heterocycles. The van der Waals surface area contributed by atoms with Crippen molar-refractivity contribution in [1.29, 1.82) is 0 Å². The predicted molar refractivity (Wildman–Crippen MR) is 72.6 cm³/mol. The Labute approximate surface area is 114 Å². The number of nitrogens with one attached hydrogen (secondary N) is 1. The number of carbonyl (C=O) groups excluding carboxylic acids is 1. The normalized spacial score (nSPS) is 12.2. The van der Waals surface area contributed by atoms with Crippen LogP contribution in [0.4, 0.5) is 0 Å². The zero-order chi connectivity index (χ0) is 14.6. The molecule has 6 heteroatoms. The summed E-state index contributed by atoms with van der Waals surface area (Å²) in [6, 6.07) is 0. The molecule has 0 saturated carbocycles. The number of likely N-dealkylation sites (N-methyl/N-ethyl adjacent to an activating group) is 1. The van der Waals surface area contributed by atoms with Gasteiger partial charge in [-0.3, -0.25) is 9.69 Å². The monoisotopic (exact) mass is 268 g/mol. The van der Waals surface area contributed by atoms with E-state index in [9.17, 15) is 4.79 Å². The third kappa shape index (κ3) is 5.83. The van der Waals surface area contributed by atoms with Crippen molar-refractivity contribution in [2.75, 3.05) is 13.6 Å². The summed E-state index contributed by atoms with van der Waals surface area (Å²) in [7, 11) is 1.85. The minimum Gasteiger partial charge on any atom is -0.350 e. The second-order valence-corrected chi connectivity index (χ2v) is 6.17. The van der Waals surface area contributed by atoms with Crippen LogP contribution in [0.1, 0.15) is 52.3 Å². The first-order valence-electron chi connectivity index (χ1n) is 6.49. The smallest absolute Gasteiger partial charge is 0.234 e. The lowest BCUT2D eigenvalue weighted by molar-refractivity contribution is -0.123. The van der Waals surface area contributed by atoms with E-state index in [0.717, 1.165) is 0 Å². The van der Waals surface area contributed by atoms with Crippen LogP contribution in [0.3, 0.4) is 0 Å². The molecule has 1 amide bonds. The van der Waals surface area contributed by atoms with Gasteiger partial charge in [0.1, 0.15) is 0 Å². The molecular weight excluding hydrogens is 244 g/mol. The second-order valence-electron chi connectivity index (χ2n) is 6.17. The van der Waals surface area contributed by atoms with Gasteiger partial charge in [0, 0.05) is 11.5 Å². The lowest BCUT2D eigenvalue weighted by atomic mass is 10.1. The zero-order valence-corrected chi connectivity index (χ0v) is 12.6. The largest absolute Gasteiger partial charge is 0.350 e. The molecule has 0 aliphatic rings. The van der Waals surface area contributed by atoms with Crippen molar-refractivity contribution in [2.45, 2.75) is 52.6 Å². The quantitative estimate of drug-likeness (QED) is 0.877. The van der Waals surface area contributed by atoms with Gasteiger partial charge >= 0.3 is 0 Å². The maximum Gasteiger partial charge on any atom is 0.234 e. The van der Waals surface area contributed by atoms with Gasteiger partial charge in [-0.15, -0.1) is 0 Å². The minimum absolute atomic E-state index is 0.0115. The molecule has 0 fully saturated rings. The molecule has 0 aliphatic carbocycles. The molecule has 0 radical (unpaired) electrons. The molecule has 0 spiro atoms. The van der Waals surface area contributed by atoms with E-state index in [0.29, 0.717) is 24.8 Å². The molecule has 1 aromatic rings. The van der Waals surface area contributed by atoms with Crippen LogP contribution in [0.25, 0.3) is 0 Å². The highest BCUT2D eigenvalue weighted by atomic mass is 16.5. The Morgan fingerprint density at radius 1 is 1.42 bits per heavy atom. The molecule has 1 rings (SSSR count). The van der Waals surface area contributed by atoms with Crippen LogP contribution < -0.4 is 5.32 Å². The Bertz CT molecular complexity index is 421. The van der Waals surface area contributed by atoms with Gasteiger partial charge in [-0.25, -0.2) is 0 Å². The first kappa shape index (κ1) is 15.6. The van der Waals surface area contributed by atoms with Crippen molar-refractivity contribution >= 4 is 5.91 Å². The SMILES string of the molecule is CC(C)c1nc(CN(C)CC(=O)NC(C)(C)C)no1. The summed E-state index contributed by atoms with van der Waals surface area (Å²) in [5.74, 6) is 1.44. The van der Waals surface area contributed by atoms with Crippen molar-refractivity contribution in [3.63, 3.8) is 0 Å². The summed E-state index contributed by atoms with van der Waals surface area (Å²) in [6.45, 7) is 10.7. The molecule has 1 aromatic heterocycles. The van der Waals surface area contributed by atoms with E-state index < -0.39 is 0 Å². The third-order valence-corrected chi connectivity index (χ3v) is 2.32. The molecule has 1 heterocycles. The number of carbonyl (C=O) groups is 1. The molecule has 0 aromatic carbocycles. The fraction of sp³-hybridized carbons (Fsp3) is 0.769. The highest BCUT2D eigenvalue weighted by molar-refractivity contribution is 5.78. The Balaban J connectivity index is 2.46. The number of hydrogen-bond acceptors (Lipinski definition) is 5. The summed E-state index contributed by atoms with van der Waals surface area (Å²) in [5.41, 5.74) is -0.213. The number of nitrogens with zero attached hydrogens (tertiary/aromatic N) is 3. The fourth-order valence-electron chi connectivity index (χ4n) is 1.57. The average Bonchev–Trinajstić information content (AvgIpc) is 2.62. The Morgan fingerprint density at radius 2 is 2.05 bits per heavy atom. The van der Waals surface area contributed by atoms with E-state index in [1.165, 1.54) is 0 Å². The molecule has 6 nitrogen and oxygen atoms in total. The maximum absolute atomic E-state index is 11.8. The highest BCUT2D eigenvalue weighted by Gasteiger charge is 2.17. The molecular formula is C13H24N4O2. The van der Waals surface area contributed by atoms with E-state index >= 15 is 0 Å². The summed E-state index contributed by atoms with van der Waals surface area (Å²) < 4.78 is 5.12. The average molecular weight is 268 g/mol. The van der Waals surface area contributed by atoms with Gasteiger partial charge in [0.15, 0.2) is 5.82 Å². The van der Waals surface area contributed by atoms with E-state index in [1.54, 1.807) is 0 Å². The first-order valence-corrected chi connectivity index (χ1v) is 6.49. The van der Waals surface area contributed by atoms with Crippen LogP contribution in [0.15, 0.2) is 4.52 Å². The summed E-state index contributed by atoms with van der Waals surface area (Å²) >= 11 is 0. The highest BCUT2D eigenvalue weighted by Crippen LogP contribution is 2.11. The van der Waals surface area contributed by atoms with Gasteiger partial charge in [0.25, 0.3) is 0 Å². The summed E-state index contributed by atoms with van der Waals surface area (Å²) in [6.07, 6.45) is 0. The van der Waals surface area contributed by atoms with Gasteiger partial charge in [0.2, 0.25) is 11.8 Å². The Morgan fingerprint density at radius 3 is 2.53 bits per heavy atom. The van der Waals surface area contributed by atoms with Crippen molar-refractivity contribution in [3.8, 4) is 0 Å². The number of hydrogen-bond donors (Lipinski definition) is 1. The van der Waals surface area contributed by atoms with E-state index in [4.69, 9.17) is 4.52 Å². The molecule has 0 atom stereocenters. The molecule has 0 aliphatic heterocycles. The van der Waals surface area contributed by atoms with Crippen LogP contribution in [-0.4, -0.2) is 40.1 Å². The predicted octanol–water partition coefficient (Wildman–Crippen LogP) is 1.54. The topological polar surface area (TPSA) is 71.3 Å². The Kier molecular flexibility index (Phi) is 5.05. The molecule has 1 N–H and O–H groups in total. The fourth-order valence-corrected chi connectivity index (χ4v) is 1.57. The molecule has 108 valence electrons. The van der Waals surface area contributed by atoms with Crippen LogP contribution in [0.5, 0.6) is 0 Å². The summed E-state index contributed by atoms with van der Waals surface area (Å²) in [4.78, 5) is 17.9. The molecule has 0 bridgehead atoms.